The minimum Gasteiger partial charge on any atom is -0.494 e. The molecule has 3 rings (SSSR count). The largest absolute Gasteiger partial charge is 0.494 e. The molecule has 1 fully saturated rings. The predicted octanol–water partition coefficient (Wildman–Crippen LogP) is 5.16. The number of carbonyl (C=O) groups excluding carboxylic acids is 1. The lowest BCUT2D eigenvalue weighted by molar-refractivity contribution is -0.143. The van der Waals surface area contributed by atoms with Crippen molar-refractivity contribution < 1.29 is 44.3 Å². The summed E-state index contributed by atoms with van der Waals surface area (Å²) >= 11 is 0. The Hall–Kier alpha value is -2.80. The first kappa shape index (κ1) is 26.8. The van der Waals surface area contributed by atoms with Gasteiger partial charge in [0.2, 0.25) is 15.9 Å². The van der Waals surface area contributed by atoms with Crippen LogP contribution in [0.3, 0.4) is 0 Å². The fraction of sp³-hybridized carbons (Fsp3) is 0.409. The molecule has 192 valence electrons. The fourth-order valence-corrected chi connectivity index (χ4v) is 5.19. The van der Waals surface area contributed by atoms with Crippen molar-refractivity contribution in [2.75, 3.05) is 25.0 Å². The SMILES string of the molecule is CCOc1ccc(S(=O)(=O)N2CCC[C@H](C(=O)Nc3cc(C(F)(F)F)cc(C(F)(F)F)c3)C2)cc1. The van der Waals surface area contributed by atoms with Crippen molar-refractivity contribution in [1.82, 2.24) is 4.31 Å². The first-order valence-electron chi connectivity index (χ1n) is 10.5. The third kappa shape index (κ3) is 6.45. The van der Waals surface area contributed by atoms with Crippen LogP contribution < -0.4 is 10.1 Å². The summed E-state index contributed by atoms with van der Waals surface area (Å²) in [5, 5.41) is 2.09. The second-order valence-corrected chi connectivity index (χ2v) is 9.83. The van der Waals surface area contributed by atoms with Crippen LogP contribution in [-0.2, 0) is 27.2 Å². The molecule has 0 aliphatic carbocycles. The molecule has 0 saturated carbocycles. The first-order valence-corrected chi connectivity index (χ1v) is 12.0. The third-order valence-electron chi connectivity index (χ3n) is 5.38. The molecule has 0 unspecified atom stereocenters. The van der Waals surface area contributed by atoms with Crippen molar-refractivity contribution in [3.63, 3.8) is 0 Å². The average Bonchev–Trinajstić information content (AvgIpc) is 2.78. The lowest BCUT2D eigenvalue weighted by Gasteiger charge is -2.31. The van der Waals surface area contributed by atoms with Gasteiger partial charge in [0.25, 0.3) is 0 Å². The van der Waals surface area contributed by atoms with Crippen LogP contribution in [0.25, 0.3) is 0 Å². The van der Waals surface area contributed by atoms with Crippen molar-refractivity contribution in [3.05, 3.63) is 53.6 Å². The van der Waals surface area contributed by atoms with Gasteiger partial charge in [0.15, 0.2) is 0 Å². The van der Waals surface area contributed by atoms with Gasteiger partial charge in [0.1, 0.15) is 5.75 Å². The van der Waals surface area contributed by atoms with Gasteiger partial charge in [-0.25, -0.2) is 8.42 Å². The van der Waals surface area contributed by atoms with Crippen LogP contribution in [0.2, 0.25) is 0 Å². The number of benzene rings is 2. The summed E-state index contributed by atoms with van der Waals surface area (Å²) in [5.74, 6) is -1.36. The number of amides is 1. The van der Waals surface area contributed by atoms with Gasteiger partial charge in [-0.05, 0) is 62.2 Å². The Morgan fingerprint density at radius 2 is 1.60 bits per heavy atom. The molecule has 35 heavy (non-hydrogen) atoms. The highest BCUT2D eigenvalue weighted by Crippen LogP contribution is 2.38. The molecule has 1 atom stereocenters. The highest BCUT2D eigenvalue weighted by atomic mass is 32.2. The van der Waals surface area contributed by atoms with Crippen LogP contribution in [0.1, 0.15) is 30.9 Å². The Kier molecular flexibility index (Phi) is 7.70. The standard InChI is InChI=1S/C22H22F6N2O4S/c1-2-34-18-5-7-19(8-6-18)35(32,33)30-9-3-4-14(13-30)20(31)29-17-11-15(21(23,24)25)10-16(12-17)22(26,27)28/h5-8,10-12,14H,2-4,9,13H2,1H3,(H,29,31)/t14-/m0/s1. The number of hydrogen-bond donors (Lipinski definition) is 1. The molecule has 2 aromatic carbocycles. The van der Waals surface area contributed by atoms with Gasteiger partial charge in [-0.2, -0.15) is 30.6 Å². The molecule has 0 bridgehead atoms. The summed E-state index contributed by atoms with van der Waals surface area (Å²) in [6, 6.07) is 6.44. The van der Waals surface area contributed by atoms with Gasteiger partial charge >= 0.3 is 12.4 Å². The molecule has 1 amide bonds. The zero-order valence-corrected chi connectivity index (χ0v) is 19.2. The monoisotopic (exact) mass is 524 g/mol. The molecule has 1 N–H and O–H groups in total. The predicted molar refractivity (Wildman–Crippen MR) is 114 cm³/mol. The molecule has 0 radical (unpaired) electrons. The van der Waals surface area contributed by atoms with E-state index >= 15 is 0 Å². The number of rotatable bonds is 6. The second kappa shape index (κ2) is 10.1. The number of alkyl halides is 6. The molecule has 0 aromatic heterocycles. The van der Waals surface area contributed by atoms with Crippen LogP contribution >= 0.6 is 0 Å². The minimum atomic E-state index is -5.06. The van der Waals surface area contributed by atoms with E-state index in [1.54, 1.807) is 6.92 Å². The molecule has 1 aliphatic heterocycles. The quantitative estimate of drug-likeness (QED) is 0.530. The first-order chi connectivity index (χ1) is 16.2. The summed E-state index contributed by atoms with van der Waals surface area (Å²) < 4.78 is 111. The van der Waals surface area contributed by atoms with Crippen molar-refractivity contribution in [2.24, 2.45) is 5.92 Å². The maximum absolute atomic E-state index is 13.1. The van der Waals surface area contributed by atoms with Gasteiger partial charge in [-0.15, -0.1) is 0 Å². The summed E-state index contributed by atoms with van der Waals surface area (Å²) in [5.41, 5.74) is -3.81. The Bertz CT molecular complexity index is 1130. The Balaban J connectivity index is 1.78. The minimum absolute atomic E-state index is 0.0327. The molecule has 6 nitrogen and oxygen atoms in total. The smallest absolute Gasteiger partial charge is 0.416 e. The van der Waals surface area contributed by atoms with E-state index in [1.165, 1.54) is 24.3 Å². The van der Waals surface area contributed by atoms with E-state index in [0.717, 1.165) is 4.31 Å². The number of halogens is 6. The number of carbonyl (C=O) groups is 1. The zero-order valence-electron chi connectivity index (χ0n) is 18.4. The van der Waals surface area contributed by atoms with Crippen LogP contribution in [-0.4, -0.2) is 38.3 Å². The van der Waals surface area contributed by atoms with Gasteiger partial charge in [-0.3, -0.25) is 4.79 Å². The van der Waals surface area contributed by atoms with E-state index in [2.05, 4.69) is 5.32 Å². The topological polar surface area (TPSA) is 75.7 Å². The van der Waals surface area contributed by atoms with Gasteiger partial charge in [-0.1, -0.05) is 0 Å². The molecule has 13 heteroatoms. The Morgan fingerprint density at radius 3 is 2.11 bits per heavy atom. The maximum Gasteiger partial charge on any atom is 0.416 e. The van der Waals surface area contributed by atoms with Crippen LogP contribution in [0.5, 0.6) is 5.75 Å². The van der Waals surface area contributed by atoms with Gasteiger partial charge < -0.3 is 10.1 Å². The lowest BCUT2D eigenvalue weighted by atomic mass is 9.98. The van der Waals surface area contributed by atoms with Crippen molar-refractivity contribution in [1.29, 1.82) is 0 Å². The van der Waals surface area contributed by atoms with E-state index in [-0.39, 0.29) is 36.9 Å². The highest BCUT2D eigenvalue weighted by Gasteiger charge is 2.38. The van der Waals surface area contributed by atoms with E-state index < -0.39 is 51.0 Å². The number of sulfonamides is 1. The zero-order chi connectivity index (χ0) is 26.0. The molecular weight excluding hydrogens is 502 g/mol. The van der Waals surface area contributed by atoms with E-state index in [9.17, 15) is 39.6 Å². The second-order valence-electron chi connectivity index (χ2n) is 7.89. The van der Waals surface area contributed by atoms with Crippen LogP contribution in [0, 0.1) is 5.92 Å². The maximum atomic E-state index is 13.1. The molecular formula is C22H22F6N2O4S. The summed E-state index contributed by atoms with van der Waals surface area (Å²) in [6.07, 6.45) is -9.63. The summed E-state index contributed by atoms with van der Waals surface area (Å²) in [7, 11) is -3.98. The Morgan fingerprint density at radius 1 is 1.03 bits per heavy atom. The van der Waals surface area contributed by atoms with Gasteiger partial charge in [0.05, 0.1) is 28.5 Å². The molecule has 2 aromatic rings. The molecule has 0 spiro atoms. The number of nitrogens with zero attached hydrogens (tertiary/aromatic N) is 1. The third-order valence-corrected chi connectivity index (χ3v) is 7.26. The van der Waals surface area contributed by atoms with Crippen molar-refractivity contribution >= 4 is 21.6 Å². The normalized spacial score (nSPS) is 17.7. The lowest BCUT2D eigenvalue weighted by Crippen LogP contribution is -2.43. The van der Waals surface area contributed by atoms with E-state index in [4.69, 9.17) is 4.74 Å². The fourth-order valence-electron chi connectivity index (χ4n) is 3.67. The average molecular weight is 524 g/mol. The Labute approximate surface area is 197 Å². The van der Waals surface area contributed by atoms with Crippen molar-refractivity contribution in [2.45, 2.75) is 37.0 Å². The van der Waals surface area contributed by atoms with Crippen LogP contribution in [0.15, 0.2) is 47.4 Å². The number of nitrogens with one attached hydrogen (secondary N) is 1. The van der Waals surface area contributed by atoms with Gasteiger partial charge in [0, 0.05) is 18.8 Å². The number of piperidine rings is 1. The number of hydrogen-bond acceptors (Lipinski definition) is 4. The van der Waals surface area contributed by atoms with Crippen molar-refractivity contribution in [3.8, 4) is 5.75 Å². The molecule has 1 heterocycles. The van der Waals surface area contributed by atoms with E-state index in [1.807, 2.05) is 0 Å². The molecule has 1 saturated heterocycles. The number of anilines is 1. The summed E-state index contributed by atoms with van der Waals surface area (Å²) in [6.45, 7) is 2.01. The van der Waals surface area contributed by atoms with E-state index in [0.29, 0.717) is 24.5 Å². The van der Waals surface area contributed by atoms with Crippen LogP contribution in [0.4, 0.5) is 32.0 Å². The molecule has 1 aliphatic rings. The summed E-state index contributed by atoms with van der Waals surface area (Å²) in [4.78, 5) is 12.7. The number of ether oxygens (including phenoxy) is 1. The highest BCUT2D eigenvalue weighted by molar-refractivity contribution is 7.89.